The van der Waals surface area contributed by atoms with E-state index in [0.29, 0.717) is 22.7 Å². The summed E-state index contributed by atoms with van der Waals surface area (Å²) < 4.78 is 1.78. The summed E-state index contributed by atoms with van der Waals surface area (Å²) in [6.07, 6.45) is 3.32. The molecule has 0 bridgehead atoms. The lowest BCUT2D eigenvalue weighted by molar-refractivity contribution is -0.463. The minimum atomic E-state index is -2.59. The SMILES string of the molecule is CC(=O)Nc1ccc(C2=CC(=[N+](C)C)C3=C(C2=O)C(O)=C2C(=O)[C@]4(O)C(=N)C(C(N)=O)=C(O)[C@@H](N(C)C)[C@@H]4C[C@@H]2C3)cn1. The quantitative estimate of drug-likeness (QED) is 0.212. The molecular weight excluding hydrogens is 556 g/mol. The third-order valence-electron chi connectivity index (χ3n) is 8.59. The molecule has 43 heavy (non-hydrogen) atoms. The van der Waals surface area contributed by atoms with E-state index in [1.54, 1.807) is 44.9 Å². The highest BCUT2D eigenvalue weighted by atomic mass is 16.3. The van der Waals surface area contributed by atoms with Crippen LogP contribution in [0, 0.1) is 17.2 Å². The molecule has 4 atom stereocenters. The molecular formula is C30H33N6O7+. The van der Waals surface area contributed by atoms with Gasteiger partial charge in [0, 0.05) is 47.4 Å². The lowest BCUT2D eigenvalue weighted by atomic mass is 9.56. The van der Waals surface area contributed by atoms with E-state index in [-0.39, 0.29) is 35.5 Å². The predicted octanol–water partition coefficient (Wildman–Crippen LogP) is 0.429. The number of hydrogen-bond donors (Lipinski definition) is 6. The van der Waals surface area contributed by atoms with Crippen molar-refractivity contribution < 1.29 is 39.1 Å². The first-order valence-corrected chi connectivity index (χ1v) is 13.6. The van der Waals surface area contributed by atoms with Gasteiger partial charge in [0.1, 0.15) is 37.0 Å². The number of aliphatic hydroxyl groups is 3. The van der Waals surface area contributed by atoms with Crippen LogP contribution in [0.2, 0.25) is 0 Å². The summed E-state index contributed by atoms with van der Waals surface area (Å²) in [4.78, 5) is 57.5. The second-order valence-electron chi connectivity index (χ2n) is 11.6. The molecule has 5 rings (SSSR count). The molecule has 1 aromatic rings. The highest BCUT2D eigenvalue weighted by Gasteiger charge is 2.63. The van der Waals surface area contributed by atoms with E-state index in [9.17, 15) is 34.5 Å². The van der Waals surface area contributed by atoms with Gasteiger partial charge >= 0.3 is 0 Å². The summed E-state index contributed by atoms with van der Waals surface area (Å²) in [5, 5.41) is 45.7. The van der Waals surface area contributed by atoms with Gasteiger partial charge in [0.25, 0.3) is 5.91 Å². The summed E-state index contributed by atoms with van der Waals surface area (Å²) in [7, 11) is 6.76. The maximum Gasteiger partial charge on any atom is 0.254 e. The van der Waals surface area contributed by atoms with Crippen LogP contribution in [-0.4, -0.2) is 104 Å². The second-order valence-corrected chi connectivity index (χ2v) is 11.6. The van der Waals surface area contributed by atoms with E-state index in [2.05, 4.69) is 10.3 Å². The van der Waals surface area contributed by atoms with Gasteiger partial charge in [-0.15, -0.1) is 0 Å². The van der Waals surface area contributed by atoms with Gasteiger partial charge in [-0.25, -0.2) is 9.56 Å². The molecule has 1 heterocycles. The van der Waals surface area contributed by atoms with Gasteiger partial charge in [0.15, 0.2) is 11.4 Å². The predicted molar refractivity (Wildman–Crippen MR) is 156 cm³/mol. The lowest BCUT2D eigenvalue weighted by Gasteiger charge is -2.51. The Morgan fingerprint density at radius 2 is 1.88 bits per heavy atom. The lowest BCUT2D eigenvalue weighted by Crippen LogP contribution is -2.67. The number of ketones is 2. The first-order chi connectivity index (χ1) is 20.1. The molecule has 0 radical (unpaired) electrons. The fraction of sp³-hybridized carbons (Fsp3) is 0.367. The number of primary amides is 1. The number of likely N-dealkylation sites (N-methyl/N-ethyl adjacent to an activating group) is 1. The summed E-state index contributed by atoms with van der Waals surface area (Å²) in [5.41, 5.74) is 2.79. The number of nitrogens with two attached hydrogens (primary N) is 1. The van der Waals surface area contributed by atoms with E-state index < -0.39 is 63.8 Å². The van der Waals surface area contributed by atoms with Crippen molar-refractivity contribution in [2.45, 2.75) is 31.4 Å². The molecule has 0 saturated heterocycles. The van der Waals surface area contributed by atoms with Crippen molar-refractivity contribution in [3.63, 3.8) is 0 Å². The molecule has 1 aromatic heterocycles. The largest absolute Gasteiger partial charge is 0.510 e. The van der Waals surface area contributed by atoms with Crippen LogP contribution >= 0.6 is 0 Å². The molecule has 1 saturated carbocycles. The summed E-state index contributed by atoms with van der Waals surface area (Å²) in [5.74, 6) is -5.59. The Labute approximate surface area is 246 Å². The minimum Gasteiger partial charge on any atom is -0.510 e. The average Bonchev–Trinajstić information content (AvgIpc) is 2.90. The third kappa shape index (κ3) is 4.34. The van der Waals surface area contributed by atoms with Gasteiger partial charge in [-0.3, -0.25) is 24.1 Å². The highest BCUT2D eigenvalue weighted by molar-refractivity contribution is 6.40. The van der Waals surface area contributed by atoms with Gasteiger partial charge < -0.3 is 31.8 Å². The van der Waals surface area contributed by atoms with Crippen molar-refractivity contribution in [3.8, 4) is 0 Å². The Morgan fingerprint density at radius 3 is 2.42 bits per heavy atom. The molecule has 1 fully saturated rings. The zero-order valence-electron chi connectivity index (χ0n) is 24.3. The standard InChI is InChI=1S/C30H32N6O7/c1-12(37)34-19-7-6-13(11-33-19)15-10-18(35(2)3)16-8-14-9-17-23(36(4)5)26(40)22(29(32)42)27(31)30(17,43)28(41)20(14)25(39)21(16)24(15)38/h6-7,10-11,14,17,23,43H,8-9H2,1-5H3,(H5,31,32,39,40,41,42)/p+1/t14-,17-,23-,30+/m0/s1. The van der Waals surface area contributed by atoms with Crippen molar-refractivity contribution in [2.75, 3.05) is 33.5 Å². The summed E-state index contributed by atoms with van der Waals surface area (Å²) in [6, 6.07) is 2.12. The van der Waals surface area contributed by atoms with Crippen LogP contribution in [0.25, 0.3) is 5.57 Å². The zero-order chi connectivity index (χ0) is 31.7. The van der Waals surface area contributed by atoms with Crippen LogP contribution in [0.4, 0.5) is 5.82 Å². The number of amides is 2. The molecule has 7 N–H and O–H groups in total. The van der Waals surface area contributed by atoms with Crippen molar-refractivity contribution >= 4 is 46.2 Å². The molecule has 4 aliphatic carbocycles. The van der Waals surface area contributed by atoms with Crippen LogP contribution in [0.5, 0.6) is 0 Å². The number of rotatable bonds is 4. The maximum absolute atomic E-state index is 14.2. The Hall–Kier alpha value is -4.75. The fourth-order valence-electron chi connectivity index (χ4n) is 6.76. The second kappa shape index (κ2) is 10.2. The summed E-state index contributed by atoms with van der Waals surface area (Å²) in [6.45, 7) is 1.34. The van der Waals surface area contributed by atoms with E-state index in [1.165, 1.54) is 24.1 Å². The molecule has 2 amide bonds. The van der Waals surface area contributed by atoms with Crippen molar-refractivity contribution in [2.24, 2.45) is 17.6 Å². The fourth-order valence-corrected chi connectivity index (χ4v) is 6.76. The number of nitrogens with zero attached hydrogens (tertiary/aromatic N) is 3. The molecule has 0 aromatic carbocycles. The smallest absolute Gasteiger partial charge is 0.254 e. The number of nitrogens with one attached hydrogen (secondary N) is 2. The zero-order valence-corrected chi connectivity index (χ0v) is 24.3. The van der Waals surface area contributed by atoms with E-state index in [1.807, 2.05) is 0 Å². The minimum absolute atomic E-state index is 0.0553. The van der Waals surface area contributed by atoms with E-state index >= 15 is 0 Å². The number of aliphatic hydroxyl groups excluding tert-OH is 2. The van der Waals surface area contributed by atoms with Gasteiger partial charge in [0.2, 0.25) is 17.4 Å². The number of Topliss-reactive ketones (excluding diaryl/α,β-unsaturated/α-hetero) is 2. The molecule has 0 spiro atoms. The van der Waals surface area contributed by atoms with Gasteiger partial charge in [-0.05, 0) is 45.0 Å². The number of pyridine rings is 1. The molecule has 13 nitrogen and oxygen atoms in total. The number of hydrogen-bond acceptors (Lipinski definition) is 10. The summed E-state index contributed by atoms with van der Waals surface area (Å²) >= 11 is 0. The van der Waals surface area contributed by atoms with Crippen LogP contribution < -0.4 is 11.1 Å². The van der Waals surface area contributed by atoms with Gasteiger partial charge in [0.05, 0.1) is 17.3 Å². The van der Waals surface area contributed by atoms with Crippen molar-refractivity contribution in [3.05, 3.63) is 63.8 Å². The van der Waals surface area contributed by atoms with Crippen molar-refractivity contribution in [1.29, 1.82) is 5.41 Å². The molecule has 224 valence electrons. The Balaban J connectivity index is 1.64. The average molecular weight is 590 g/mol. The highest BCUT2D eigenvalue weighted by Crippen LogP contribution is 2.52. The van der Waals surface area contributed by atoms with Crippen LogP contribution in [0.15, 0.2) is 58.2 Å². The Kier molecular flexibility index (Phi) is 7.06. The number of fused-ring (bicyclic) bond motifs is 2. The van der Waals surface area contributed by atoms with Crippen LogP contribution in [0.3, 0.4) is 0 Å². The molecule has 0 aliphatic heterocycles. The molecule has 4 aliphatic rings. The van der Waals surface area contributed by atoms with Gasteiger partial charge in [-0.2, -0.15) is 0 Å². The van der Waals surface area contributed by atoms with E-state index in [0.717, 1.165) is 0 Å². The topological polar surface area (TPSA) is 210 Å². The first kappa shape index (κ1) is 29.7. The van der Waals surface area contributed by atoms with Crippen LogP contribution in [-0.2, 0) is 19.2 Å². The normalized spacial score (nSPS) is 27.1. The van der Waals surface area contributed by atoms with E-state index in [4.69, 9.17) is 11.1 Å². The Bertz CT molecular complexity index is 1690. The van der Waals surface area contributed by atoms with Crippen LogP contribution in [0.1, 0.15) is 25.3 Å². The number of anilines is 1. The number of carbonyl (C=O) groups is 4. The Morgan fingerprint density at radius 1 is 1.21 bits per heavy atom. The third-order valence-corrected chi connectivity index (χ3v) is 8.59. The molecule has 0 unspecified atom stereocenters. The first-order valence-electron chi connectivity index (χ1n) is 13.6. The maximum atomic E-state index is 14.2. The molecule has 13 heteroatoms. The van der Waals surface area contributed by atoms with Gasteiger partial charge in [-0.1, -0.05) is 0 Å². The number of carbonyl (C=O) groups excluding carboxylic acids is 4. The number of allylic oxidation sites excluding steroid dienone is 4. The number of aromatic nitrogens is 1. The monoisotopic (exact) mass is 589 g/mol. The van der Waals surface area contributed by atoms with Crippen molar-refractivity contribution in [1.82, 2.24) is 9.88 Å².